The molecule has 0 fully saturated rings. The number of carbonyl (C=O) groups is 1. The van der Waals surface area contributed by atoms with Gasteiger partial charge in [-0.05, 0) is 25.1 Å². The highest BCUT2D eigenvalue weighted by atomic mass is 35.5. The number of anilines is 2. The van der Waals surface area contributed by atoms with Crippen LogP contribution in [0.2, 0.25) is 5.02 Å². The van der Waals surface area contributed by atoms with Gasteiger partial charge in [-0.3, -0.25) is 4.79 Å². The Labute approximate surface area is 92.3 Å². The summed E-state index contributed by atoms with van der Waals surface area (Å²) in [6.07, 6.45) is 0.348. The zero-order valence-corrected chi connectivity index (χ0v) is 8.95. The molecule has 1 amide bonds. The summed E-state index contributed by atoms with van der Waals surface area (Å²) in [5, 5.41) is 5.85. The molecule has 5 heteroatoms. The highest BCUT2D eigenvalue weighted by Crippen LogP contribution is 2.30. The van der Waals surface area contributed by atoms with Crippen molar-refractivity contribution in [1.29, 1.82) is 0 Å². The minimum atomic E-state index is -0.0702. The van der Waals surface area contributed by atoms with Crippen LogP contribution < -0.4 is 10.7 Å². The van der Waals surface area contributed by atoms with Crippen LogP contribution in [0.1, 0.15) is 13.3 Å². The van der Waals surface area contributed by atoms with E-state index in [0.717, 1.165) is 5.71 Å². The third kappa shape index (κ3) is 1.80. The quantitative estimate of drug-likeness (QED) is 0.741. The molecule has 1 aliphatic rings. The standard InChI is InChI=1S/C10H10ClN3O/c1-6-4-10(15)14(13-6)9-3-2-7(12)5-8(9)11/h2-3,5H,4,12H2,1H3. The maximum Gasteiger partial charge on any atom is 0.253 e. The molecule has 0 aromatic heterocycles. The molecular weight excluding hydrogens is 214 g/mol. The van der Waals surface area contributed by atoms with Gasteiger partial charge in [-0.2, -0.15) is 10.1 Å². The number of hydrazone groups is 1. The van der Waals surface area contributed by atoms with Crippen molar-refractivity contribution in [1.82, 2.24) is 0 Å². The van der Waals surface area contributed by atoms with Gasteiger partial charge in [0.25, 0.3) is 5.91 Å². The van der Waals surface area contributed by atoms with Crippen molar-refractivity contribution in [3.05, 3.63) is 23.2 Å². The molecule has 0 atom stereocenters. The summed E-state index contributed by atoms with van der Waals surface area (Å²) in [6.45, 7) is 1.81. The average Bonchev–Trinajstić information content (AvgIpc) is 2.45. The van der Waals surface area contributed by atoms with Gasteiger partial charge >= 0.3 is 0 Å². The molecule has 0 unspecified atom stereocenters. The van der Waals surface area contributed by atoms with Gasteiger partial charge in [0.15, 0.2) is 0 Å². The summed E-state index contributed by atoms with van der Waals surface area (Å²) in [6, 6.07) is 4.99. The Kier molecular flexibility index (Phi) is 2.36. The van der Waals surface area contributed by atoms with Crippen LogP contribution in [0.4, 0.5) is 11.4 Å². The number of benzene rings is 1. The molecule has 15 heavy (non-hydrogen) atoms. The van der Waals surface area contributed by atoms with Gasteiger partial charge in [0.1, 0.15) is 0 Å². The molecule has 1 aliphatic heterocycles. The van der Waals surface area contributed by atoms with Gasteiger partial charge in [-0.15, -0.1) is 0 Å². The number of halogens is 1. The normalized spacial score (nSPS) is 15.7. The van der Waals surface area contributed by atoms with E-state index < -0.39 is 0 Å². The first kappa shape index (κ1) is 9.98. The van der Waals surface area contributed by atoms with E-state index in [1.165, 1.54) is 5.01 Å². The number of hydrogen-bond donors (Lipinski definition) is 1. The monoisotopic (exact) mass is 223 g/mol. The minimum Gasteiger partial charge on any atom is -0.399 e. The van der Waals surface area contributed by atoms with E-state index in [2.05, 4.69) is 5.10 Å². The van der Waals surface area contributed by atoms with Crippen molar-refractivity contribution in [2.45, 2.75) is 13.3 Å². The van der Waals surface area contributed by atoms with Crippen LogP contribution in [0, 0.1) is 0 Å². The lowest BCUT2D eigenvalue weighted by Crippen LogP contribution is -2.19. The molecular formula is C10H10ClN3O. The number of nitrogen functional groups attached to an aromatic ring is 1. The fraction of sp³-hybridized carbons (Fsp3) is 0.200. The van der Waals surface area contributed by atoms with Crippen molar-refractivity contribution in [2.24, 2.45) is 5.10 Å². The first-order valence-electron chi connectivity index (χ1n) is 4.50. The SMILES string of the molecule is CC1=NN(c2ccc(N)cc2Cl)C(=O)C1. The summed E-state index contributed by atoms with van der Waals surface area (Å²) >= 11 is 5.98. The predicted molar refractivity (Wildman–Crippen MR) is 61.1 cm³/mol. The molecule has 1 aromatic rings. The Balaban J connectivity index is 2.42. The number of nitrogens with two attached hydrogens (primary N) is 1. The van der Waals surface area contributed by atoms with Crippen molar-refractivity contribution < 1.29 is 4.79 Å². The molecule has 2 N–H and O–H groups in total. The third-order valence-electron chi connectivity index (χ3n) is 2.11. The summed E-state index contributed by atoms with van der Waals surface area (Å²) in [4.78, 5) is 11.5. The van der Waals surface area contributed by atoms with E-state index >= 15 is 0 Å². The van der Waals surface area contributed by atoms with E-state index in [1.54, 1.807) is 18.2 Å². The lowest BCUT2D eigenvalue weighted by atomic mass is 10.2. The van der Waals surface area contributed by atoms with Crippen LogP contribution in [0.25, 0.3) is 0 Å². The van der Waals surface area contributed by atoms with Crippen molar-refractivity contribution in [2.75, 3.05) is 10.7 Å². The fourth-order valence-corrected chi connectivity index (χ4v) is 1.71. The van der Waals surface area contributed by atoms with Gasteiger partial charge in [0.05, 0.1) is 17.1 Å². The van der Waals surface area contributed by atoms with E-state index in [1.807, 2.05) is 6.92 Å². The van der Waals surface area contributed by atoms with E-state index in [0.29, 0.717) is 22.8 Å². The number of hydrogen-bond acceptors (Lipinski definition) is 3. The van der Waals surface area contributed by atoms with Gasteiger partial charge in [0, 0.05) is 11.4 Å². The Morgan fingerprint density at radius 3 is 2.80 bits per heavy atom. The molecule has 0 bridgehead atoms. The molecule has 1 heterocycles. The van der Waals surface area contributed by atoms with Crippen molar-refractivity contribution in [3.8, 4) is 0 Å². The van der Waals surface area contributed by atoms with Crippen molar-refractivity contribution in [3.63, 3.8) is 0 Å². The molecule has 2 rings (SSSR count). The van der Waals surface area contributed by atoms with E-state index in [-0.39, 0.29) is 5.91 Å². The smallest absolute Gasteiger partial charge is 0.253 e. The maximum atomic E-state index is 11.5. The summed E-state index contributed by atoms with van der Waals surface area (Å²) in [7, 11) is 0. The molecule has 1 aromatic carbocycles. The highest BCUT2D eigenvalue weighted by molar-refractivity contribution is 6.34. The Bertz CT molecular complexity index is 456. The molecule has 0 saturated carbocycles. The van der Waals surface area contributed by atoms with E-state index in [4.69, 9.17) is 17.3 Å². The largest absolute Gasteiger partial charge is 0.399 e. The molecule has 0 aliphatic carbocycles. The van der Waals surface area contributed by atoms with Gasteiger partial charge < -0.3 is 5.73 Å². The van der Waals surface area contributed by atoms with Crippen LogP contribution >= 0.6 is 11.6 Å². The molecule has 78 valence electrons. The van der Waals surface area contributed by atoms with Crippen LogP contribution in [0.15, 0.2) is 23.3 Å². The number of rotatable bonds is 1. The third-order valence-corrected chi connectivity index (χ3v) is 2.42. The van der Waals surface area contributed by atoms with Gasteiger partial charge in [-0.1, -0.05) is 11.6 Å². The zero-order chi connectivity index (χ0) is 11.0. The van der Waals surface area contributed by atoms with E-state index in [9.17, 15) is 4.79 Å². The van der Waals surface area contributed by atoms with Gasteiger partial charge in [0.2, 0.25) is 0 Å². The number of carbonyl (C=O) groups excluding carboxylic acids is 1. The Morgan fingerprint density at radius 1 is 1.53 bits per heavy atom. The summed E-state index contributed by atoms with van der Waals surface area (Å²) in [5.74, 6) is -0.0702. The average molecular weight is 224 g/mol. The maximum absolute atomic E-state index is 11.5. The van der Waals surface area contributed by atoms with Crippen molar-refractivity contribution >= 4 is 34.6 Å². The zero-order valence-electron chi connectivity index (χ0n) is 8.20. The molecule has 0 saturated heterocycles. The second-order valence-electron chi connectivity index (χ2n) is 3.43. The van der Waals surface area contributed by atoms with Crippen LogP contribution in [-0.2, 0) is 4.79 Å². The molecule has 4 nitrogen and oxygen atoms in total. The topological polar surface area (TPSA) is 58.7 Å². The van der Waals surface area contributed by atoms with Crippen LogP contribution in [0.5, 0.6) is 0 Å². The fourth-order valence-electron chi connectivity index (χ4n) is 1.44. The second kappa shape index (κ2) is 3.55. The lowest BCUT2D eigenvalue weighted by Gasteiger charge is -2.13. The van der Waals surface area contributed by atoms with Gasteiger partial charge in [-0.25, -0.2) is 0 Å². The highest BCUT2D eigenvalue weighted by Gasteiger charge is 2.24. The van der Waals surface area contributed by atoms with Crippen LogP contribution in [-0.4, -0.2) is 11.6 Å². The number of nitrogens with zero attached hydrogens (tertiary/aromatic N) is 2. The molecule has 0 radical (unpaired) electrons. The predicted octanol–water partition coefficient (Wildman–Crippen LogP) is 2.03. The molecule has 0 spiro atoms. The second-order valence-corrected chi connectivity index (χ2v) is 3.84. The Morgan fingerprint density at radius 2 is 2.27 bits per heavy atom. The lowest BCUT2D eigenvalue weighted by molar-refractivity contribution is -0.116. The first-order chi connectivity index (χ1) is 7.08. The Hall–Kier alpha value is -1.55. The minimum absolute atomic E-state index is 0.0702. The first-order valence-corrected chi connectivity index (χ1v) is 4.88. The van der Waals surface area contributed by atoms with Crippen LogP contribution in [0.3, 0.4) is 0 Å². The summed E-state index contributed by atoms with van der Waals surface area (Å²) < 4.78 is 0. The number of amides is 1. The summed E-state index contributed by atoms with van der Waals surface area (Å²) in [5.41, 5.74) is 7.49.